The molecule has 2 aliphatic carbocycles. The summed E-state index contributed by atoms with van der Waals surface area (Å²) in [5, 5.41) is 3.82. The summed E-state index contributed by atoms with van der Waals surface area (Å²) < 4.78 is 6.52. The molecule has 2 nitrogen and oxygen atoms in total. The largest absolute Gasteiger partial charge is 0.375 e. The zero-order valence-corrected chi connectivity index (χ0v) is 14.8. The number of ether oxygens (including phenoxy) is 1. The quantitative estimate of drug-likeness (QED) is 0.720. The lowest BCUT2D eigenvalue weighted by atomic mass is 9.57. The van der Waals surface area contributed by atoms with Gasteiger partial charge in [0.25, 0.3) is 0 Å². The minimum atomic E-state index is 0.419. The Labute approximate surface area is 132 Å². The predicted molar refractivity (Wildman–Crippen MR) is 90.6 cm³/mol. The molecule has 1 N–H and O–H groups in total. The standard InChI is InChI=1S/C19H37NO/c1-5-12-20-17-14-18(21-16(4)13-15(2)3)19(17)10-8-6-7-9-11-19/h15-18,20H,5-14H2,1-4H3. The van der Waals surface area contributed by atoms with Gasteiger partial charge in [-0.1, -0.05) is 46.5 Å². The number of nitrogens with one attached hydrogen (secondary N) is 1. The molecule has 21 heavy (non-hydrogen) atoms. The topological polar surface area (TPSA) is 21.3 Å². The van der Waals surface area contributed by atoms with Gasteiger partial charge in [-0.2, -0.15) is 0 Å². The van der Waals surface area contributed by atoms with Crippen LogP contribution < -0.4 is 5.32 Å². The van der Waals surface area contributed by atoms with Gasteiger partial charge in [-0.25, -0.2) is 0 Å². The van der Waals surface area contributed by atoms with Crippen molar-refractivity contribution in [2.75, 3.05) is 6.54 Å². The van der Waals surface area contributed by atoms with E-state index in [-0.39, 0.29) is 0 Å². The lowest BCUT2D eigenvalue weighted by molar-refractivity contribution is -0.168. The first-order chi connectivity index (χ1) is 10.1. The van der Waals surface area contributed by atoms with Crippen molar-refractivity contribution in [3.63, 3.8) is 0 Å². The summed E-state index contributed by atoms with van der Waals surface area (Å²) in [6.45, 7) is 10.3. The van der Waals surface area contributed by atoms with Crippen molar-refractivity contribution >= 4 is 0 Å². The molecule has 0 heterocycles. The van der Waals surface area contributed by atoms with Gasteiger partial charge in [-0.15, -0.1) is 0 Å². The molecule has 2 rings (SSSR count). The zero-order valence-electron chi connectivity index (χ0n) is 14.8. The molecule has 124 valence electrons. The molecule has 0 saturated heterocycles. The molecule has 0 bridgehead atoms. The smallest absolute Gasteiger partial charge is 0.0664 e. The molecule has 2 heteroatoms. The lowest BCUT2D eigenvalue weighted by Crippen LogP contribution is -2.64. The Morgan fingerprint density at radius 1 is 1.10 bits per heavy atom. The molecule has 3 unspecified atom stereocenters. The fraction of sp³-hybridized carbons (Fsp3) is 1.00. The van der Waals surface area contributed by atoms with Gasteiger partial charge in [0.2, 0.25) is 0 Å². The second-order valence-corrected chi connectivity index (χ2v) is 7.95. The Morgan fingerprint density at radius 3 is 2.33 bits per heavy atom. The van der Waals surface area contributed by atoms with Crippen molar-refractivity contribution in [2.45, 2.75) is 104 Å². The molecule has 0 aromatic heterocycles. The van der Waals surface area contributed by atoms with Gasteiger partial charge < -0.3 is 10.1 Å². The maximum absolute atomic E-state index is 6.52. The molecule has 0 aliphatic heterocycles. The molecule has 0 aromatic carbocycles. The minimum absolute atomic E-state index is 0.419. The molecule has 0 aromatic rings. The Bertz CT molecular complexity index is 294. The van der Waals surface area contributed by atoms with E-state index in [0.29, 0.717) is 23.7 Å². The van der Waals surface area contributed by atoms with E-state index in [0.717, 1.165) is 5.92 Å². The van der Waals surface area contributed by atoms with Gasteiger partial charge in [0.05, 0.1) is 12.2 Å². The Hall–Kier alpha value is -0.0800. The first-order valence-electron chi connectivity index (χ1n) is 9.47. The summed E-state index contributed by atoms with van der Waals surface area (Å²) in [5.41, 5.74) is 0.455. The van der Waals surface area contributed by atoms with Crippen LogP contribution >= 0.6 is 0 Å². The summed E-state index contributed by atoms with van der Waals surface area (Å²) in [7, 11) is 0. The van der Waals surface area contributed by atoms with Gasteiger partial charge in [0, 0.05) is 11.5 Å². The van der Waals surface area contributed by atoms with Crippen molar-refractivity contribution in [3.8, 4) is 0 Å². The average molecular weight is 296 g/mol. The van der Waals surface area contributed by atoms with Gasteiger partial charge >= 0.3 is 0 Å². The van der Waals surface area contributed by atoms with Crippen LogP contribution in [-0.2, 0) is 4.74 Å². The van der Waals surface area contributed by atoms with Crippen LogP contribution in [0.25, 0.3) is 0 Å². The highest BCUT2D eigenvalue weighted by Crippen LogP contribution is 2.53. The summed E-state index contributed by atoms with van der Waals surface area (Å²) in [5.74, 6) is 0.735. The highest BCUT2D eigenvalue weighted by molar-refractivity contribution is 5.08. The van der Waals surface area contributed by atoms with E-state index in [1.807, 2.05) is 0 Å². The molecular weight excluding hydrogens is 258 g/mol. The fourth-order valence-electron chi connectivity index (χ4n) is 4.60. The maximum Gasteiger partial charge on any atom is 0.0664 e. The zero-order chi connectivity index (χ0) is 15.3. The minimum Gasteiger partial charge on any atom is -0.375 e. The van der Waals surface area contributed by atoms with Gasteiger partial charge in [0.15, 0.2) is 0 Å². The van der Waals surface area contributed by atoms with Crippen molar-refractivity contribution in [1.82, 2.24) is 5.32 Å². The van der Waals surface area contributed by atoms with E-state index in [4.69, 9.17) is 4.74 Å². The monoisotopic (exact) mass is 295 g/mol. The SMILES string of the molecule is CCCNC1CC(OC(C)CC(C)C)C12CCCCCC2. The van der Waals surface area contributed by atoms with E-state index < -0.39 is 0 Å². The maximum atomic E-state index is 6.52. The van der Waals surface area contributed by atoms with E-state index in [1.165, 1.54) is 64.3 Å². The molecule has 1 spiro atoms. The third-order valence-corrected chi connectivity index (χ3v) is 5.66. The number of hydrogen-bond acceptors (Lipinski definition) is 2. The Kier molecular flexibility index (Phi) is 6.55. The summed E-state index contributed by atoms with van der Waals surface area (Å²) in [6.07, 6.45) is 13.0. The van der Waals surface area contributed by atoms with E-state index in [1.54, 1.807) is 0 Å². The third-order valence-electron chi connectivity index (χ3n) is 5.66. The summed E-state index contributed by atoms with van der Waals surface area (Å²) in [4.78, 5) is 0. The molecule has 2 fully saturated rings. The number of rotatable bonds is 7. The van der Waals surface area contributed by atoms with Crippen LogP contribution in [0.15, 0.2) is 0 Å². The normalized spacial score (nSPS) is 30.1. The van der Waals surface area contributed by atoms with Crippen molar-refractivity contribution in [1.29, 1.82) is 0 Å². The van der Waals surface area contributed by atoms with Crippen LogP contribution in [0.2, 0.25) is 0 Å². The number of hydrogen-bond donors (Lipinski definition) is 1. The molecule has 0 amide bonds. The molecule has 0 radical (unpaired) electrons. The van der Waals surface area contributed by atoms with Crippen molar-refractivity contribution in [3.05, 3.63) is 0 Å². The molecule has 2 aliphatic rings. The average Bonchev–Trinajstić information content (AvgIpc) is 2.69. The predicted octanol–water partition coefficient (Wildman–Crippen LogP) is 4.92. The van der Waals surface area contributed by atoms with Crippen LogP contribution in [0.5, 0.6) is 0 Å². The molecular formula is C19H37NO. The Balaban J connectivity index is 1.96. The van der Waals surface area contributed by atoms with Crippen LogP contribution in [0.1, 0.15) is 85.5 Å². The highest BCUT2D eigenvalue weighted by Gasteiger charge is 2.55. The van der Waals surface area contributed by atoms with E-state index in [2.05, 4.69) is 33.0 Å². The van der Waals surface area contributed by atoms with Crippen LogP contribution in [-0.4, -0.2) is 24.8 Å². The second kappa shape index (κ2) is 7.97. The van der Waals surface area contributed by atoms with Gasteiger partial charge in [0.1, 0.15) is 0 Å². The fourth-order valence-corrected chi connectivity index (χ4v) is 4.60. The van der Waals surface area contributed by atoms with Crippen LogP contribution in [0, 0.1) is 11.3 Å². The van der Waals surface area contributed by atoms with E-state index in [9.17, 15) is 0 Å². The van der Waals surface area contributed by atoms with Gasteiger partial charge in [-0.05, 0) is 51.5 Å². The lowest BCUT2D eigenvalue weighted by Gasteiger charge is -2.57. The van der Waals surface area contributed by atoms with Gasteiger partial charge in [-0.3, -0.25) is 0 Å². The van der Waals surface area contributed by atoms with Crippen molar-refractivity contribution in [2.24, 2.45) is 11.3 Å². The van der Waals surface area contributed by atoms with Crippen molar-refractivity contribution < 1.29 is 4.74 Å². The molecule has 3 atom stereocenters. The van der Waals surface area contributed by atoms with Crippen LogP contribution in [0.3, 0.4) is 0 Å². The summed E-state index contributed by atoms with van der Waals surface area (Å²) >= 11 is 0. The second-order valence-electron chi connectivity index (χ2n) is 7.95. The Morgan fingerprint density at radius 2 is 1.76 bits per heavy atom. The highest BCUT2D eigenvalue weighted by atomic mass is 16.5. The first-order valence-corrected chi connectivity index (χ1v) is 9.47. The van der Waals surface area contributed by atoms with Crippen LogP contribution in [0.4, 0.5) is 0 Å². The third kappa shape index (κ3) is 4.22. The summed E-state index contributed by atoms with van der Waals surface area (Å²) in [6, 6.07) is 0.715. The molecule has 2 saturated carbocycles. The first kappa shape index (κ1) is 17.3. The van der Waals surface area contributed by atoms with E-state index >= 15 is 0 Å².